The van der Waals surface area contributed by atoms with Crippen LogP contribution >= 0.6 is 24.0 Å². The zero-order valence-corrected chi connectivity index (χ0v) is 15.4. The van der Waals surface area contributed by atoms with Crippen molar-refractivity contribution in [3.05, 3.63) is 0 Å². The van der Waals surface area contributed by atoms with Crippen molar-refractivity contribution < 1.29 is 5.11 Å². The molecule has 0 bridgehead atoms. The summed E-state index contributed by atoms with van der Waals surface area (Å²) in [5.41, 5.74) is -0.0992. The van der Waals surface area contributed by atoms with Crippen LogP contribution in [0.25, 0.3) is 0 Å². The highest BCUT2D eigenvalue weighted by molar-refractivity contribution is 14.0. The Morgan fingerprint density at radius 2 is 2.00 bits per heavy atom. The molecule has 0 aromatic heterocycles. The monoisotopic (exact) mass is 395 g/mol. The van der Waals surface area contributed by atoms with Crippen molar-refractivity contribution in [1.82, 2.24) is 10.2 Å². The number of aliphatic hydroxyl groups is 1. The van der Waals surface area contributed by atoms with E-state index in [1.54, 1.807) is 0 Å². The average molecular weight is 395 g/mol. The van der Waals surface area contributed by atoms with Gasteiger partial charge in [0.1, 0.15) is 0 Å². The van der Waals surface area contributed by atoms with Gasteiger partial charge in [-0.05, 0) is 44.4 Å². The van der Waals surface area contributed by atoms with Crippen molar-refractivity contribution in [2.75, 3.05) is 26.2 Å². The normalized spacial score (nSPS) is 28.8. The van der Waals surface area contributed by atoms with E-state index in [9.17, 15) is 5.11 Å². The molecule has 2 fully saturated rings. The van der Waals surface area contributed by atoms with Gasteiger partial charge in [-0.15, -0.1) is 24.0 Å². The molecule has 2 rings (SSSR count). The standard InChI is InChI=1S/C15H29N3O.HI/c1-4-14(3)9-10-18(12-14)13(16-5-2)17-11-15(19)7-6-8-15;/h19H,4-12H2,1-3H3,(H,16,17);1H. The zero-order chi connectivity index (χ0) is 13.9. The Morgan fingerprint density at radius 1 is 1.30 bits per heavy atom. The smallest absolute Gasteiger partial charge is 0.194 e. The van der Waals surface area contributed by atoms with Crippen LogP contribution in [0, 0.1) is 5.41 Å². The third kappa shape index (κ3) is 4.23. The van der Waals surface area contributed by atoms with Crippen LogP contribution in [0.5, 0.6) is 0 Å². The molecule has 1 unspecified atom stereocenters. The minimum absolute atomic E-state index is 0. The lowest BCUT2D eigenvalue weighted by atomic mass is 9.80. The Hall–Kier alpha value is -0.0400. The third-order valence-corrected chi connectivity index (χ3v) is 4.85. The van der Waals surface area contributed by atoms with Gasteiger partial charge in [-0.25, -0.2) is 0 Å². The van der Waals surface area contributed by atoms with E-state index in [0.717, 1.165) is 44.9 Å². The number of likely N-dealkylation sites (tertiary alicyclic amines) is 1. The summed E-state index contributed by atoms with van der Waals surface area (Å²) in [5.74, 6) is 0.986. The third-order valence-electron chi connectivity index (χ3n) is 4.85. The Balaban J connectivity index is 0.00000200. The lowest BCUT2D eigenvalue weighted by Gasteiger charge is -2.35. The number of hydrogen-bond acceptors (Lipinski definition) is 2. The van der Waals surface area contributed by atoms with Crippen LogP contribution < -0.4 is 5.32 Å². The summed E-state index contributed by atoms with van der Waals surface area (Å²) in [5, 5.41) is 13.5. The first-order valence-corrected chi connectivity index (χ1v) is 7.76. The first kappa shape index (κ1) is 18.0. The van der Waals surface area contributed by atoms with Crippen LogP contribution in [-0.4, -0.2) is 47.7 Å². The molecule has 1 aliphatic carbocycles. The van der Waals surface area contributed by atoms with Gasteiger partial charge in [0, 0.05) is 19.6 Å². The van der Waals surface area contributed by atoms with E-state index >= 15 is 0 Å². The predicted molar refractivity (Wildman–Crippen MR) is 94.8 cm³/mol. The van der Waals surface area contributed by atoms with Crippen molar-refractivity contribution >= 4 is 29.9 Å². The molecule has 4 nitrogen and oxygen atoms in total. The van der Waals surface area contributed by atoms with Gasteiger partial charge < -0.3 is 15.3 Å². The van der Waals surface area contributed by atoms with Gasteiger partial charge in [0.05, 0.1) is 12.1 Å². The molecule has 0 radical (unpaired) electrons. The highest BCUT2D eigenvalue weighted by atomic mass is 127. The number of aliphatic imine (C=N–C) groups is 1. The maximum Gasteiger partial charge on any atom is 0.194 e. The Morgan fingerprint density at radius 3 is 2.45 bits per heavy atom. The summed E-state index contributed by atoms with van der Waals surface area (Å²) in [6.45, 7) is 10.3. The topological polar surface area (TPSA) is 47.9 Å². The fraction of sp³-hybridized carbons (Fsp3) is 0.933. The molecule has 0 amide bonds. The van der Waals surface area contributed by atoms with E-state index in [2.05, 4.69) is 36.0 Å². The molecule has 0 aromatic carbocycles. The molecule has 1 atom stereocenters. The molecule has 0 aromatic rings. The van der Waals surface area contributed by atoms with E-state index in [4.69, 9.17) is 0 Å². The van der Waals surface area contributed by atoms with Crippen molar-refractivity contribution in [2.45, 2.75) is 58.5 Å². The van der Waals surface area contributed by atoms with Gasteiger partial charge in [-0.3, -0.25) is 4.99 Å². The summed E-state index contributed by atoms with van der Waals surface area (Å²) < 4.78 is 0. The van der Waals surface area contributed by atoms with Crippen LogP contribution in [0.3, 0.4) is 0 Å². The summed E-state index contributed by atoms with van der Waals surface area (Å²) in [6, 6.07) is 0. The first-order valence-electron chi connectivity index (χ1n) is 7.76. The van der Waals surface area contributed by atoms with E-state index < -0.39 is 5.60 Å². The minimum Gasteiger partial charge on any atom is -0.388 e. The molecular weight excluding hydrogens is 365 g/mol. The quantitative estimate of drug-likeness (QED) is 0.437. The largest absolute Gasteiger partial charge is 0.388 e. The Labute approximate surface area is 140 Å². The average Bonchev–Trinajstić information content (AvgIpc) is 2.75. The lowest BCUT2D eigenvalue weighted by molar-refractivity contribution is -0.0237. The predicted octanol–water partition coefficient (Wildman–Crippen LogP) is 2.61. The molecule has 20 heavy (non-hydrogen) atoms. The fourth-order valence-corrected chi connectivity index (χ4v) is 2.88. The zero-order valence-electron chi connectivity index (χ0n) is 13.1. The minimum atomic E-state index is -0.519. The van der Waals surface area contributed by atoms with Crippen molar-refractivity contribution in [2.24, 2.45) is 10.4 Å². The van der Waals surface area contributed by atoms with E-state index in [-0.39, 0.29) is 24.0 Å². The van der Waals surface area contributed by atoms with Gasteiger partial charge in [0.25, 0.3) is 0 Å². The van der Waals surface area contributed by atoms with E-state index in [1.165, 1.54) is 12.8 Å². The van der Waals surface area contributed by atoms with Crippen molar-refractivity contribution in [1.29, 1.82) is 0 Å². The van der Waals surface area contributed by atoms with E-state index in [0.29, 0.717) is 12.0 Å². The number of guanidine groups is 1. The summed E-state index contributed by atoms with van der Waals surface area (Å²) >= 11 is 0. The van der Waals surface area contributed by atoms with Crippen LogP contribution in [0.15, 0.2) is 4.99 Å². The number of hydrogen-bond donors (Lipinski definition) is 2. The van der Waals surface area contributed by atoms with Gasteiger partial charge in [0.2, 0.25) is 0 Å². The summed E-state index contributed by atoms with van der Waals surface area (Å²) in [7, 11) is 0. The molecule has 5 heteroatoms. The molecule has 2 aliphatic rings. The Kier molecular flexibility index (Phi) is 6.57. The molecule has 1 aliphatic heterocycles. The van der Waals surface area contributed by atoms with Gasteiger partial charge in [-0.1, -0.05) is 13.8 Å². The van der Waals surface area contributed by atoms with Gasteiger partial charge in [-0.2, -0.15) is 0 Å². The molecule has 2 N–H and O–H groups in total. The van der Waals surface area contributed by atoms with E-state index in [1.807, 2.05) is 0 Å². The molecular formula is C15H30IN3O. The number of rotatable bonds is 4. The molecule has 1 saturated heterocycles. The number of nitrogens with one attached hydrogen (secondary N) is 1. The van der Waals surface area contributed by atoms with Crippen molar-refractivity contribution in [3.63, 3.8) is 0 Å². The van der Waals surface area contributed by atoms with Gasteiger partial charge in [0.15, 0.2) is 5.96 Å². The summed E-state index contributed by atoms with van der Waals surface area (Å²) in [6.07, 6.45) is 5.40. The second-order valence-corrected chi connectivity index (χ2v) is 6.58. The number of nitrogens with zero attached hydrogens (tertiary/aromatic N) is 2. The fourth-order valence-electron chi connectivity index (χ4n) is 2.88. The first-order chi connectivity index (χ1) is 9.00. The van der Waals surface area contributed by atoms with Crippen LogP contribution in [-0.2, 0) is 0 Å². The molecule has 118 valence electrons. The number of halogens is 1. The maximum absolute atomic E-state index is 10.2. The highest BCUT2D eigenvalue weighted by Gasteiger charge is 2.36. The second-order valence-electron chi connectivity index (χ2n) is 6.58. The molecule has 1 heterocycles. The molecule has 1 saturated carbocycles. The van der Waals surface area contributed by atoms with Crippen LogP contribution in [0.4, 0.5) is 0 Å². The second kappa shape index (κ2) is 7.29. The summed E-state index contributed by atoms with van der Waals surface area (Å²) in [4.78, 5) is 7.03. The van der Waals surface area contributed by atoms with Crippen molar-refractivity contribution in [3.8, 4) is 0 Å². The van der Waals surface area contributed by atoms with Crippen LogP contribution in [0.1, 0.15) is 52.9 Å². The van der Waals surface area contributed by atoms with Crippen LogP contribution in [0.2, 0.25) is 0 Å². The van der Waals surface area contributed by atoms with Gasteiger partial charge >= 0.3 is 0 Å². The lowest BCUT2D eigenvalue weighted by Crippen LogP contribution is -2.44. The molecule has 0 spiro atoms. The maximum atomic E-state index is 10.2. The SMILES string of the molecule is CCNC(=NCC1(O)CCC1)N1CCC(C)(CC)C1.I. The Bertz CT molecular complexity index is 344. The highest BCUT2D eigenvalue weighted by Crippen LogP contribution is 2.34.